The highest BCUT2D eigenvalue weighted by molar-refractivity contribution is 5.91. The second-order valence-electron chi connectivity index (χ2n) is 5.20. The van der Waals surface area contributed by atoms with E-state index in [1.165, 1.54) is 11.1 Å². The zero-order chi connectivity index (χ0) is 14.7. The quantitative estimate of drug-likeness (QED) is 0.900. The van der Waals surface area contributed by atoms with Gasteiger partial charge in [-0.25, -0.2) is 0 Å². The number of anilines is 1. The van der Waals surface area contributed by atoms with Crippen LogP contribution in [-0.4, -0.2) is 29.7 Å². The van der Waals surface area contributed by atoms with Crippen LogP contribution in [0.5, 0.6) is 0 Å². The number of nitrogens with zero attached hydrogens (tertiary/aromatic N) is 2. The van der Waals surface area contributed by atoms with Gasteiger partial charge >= 0.3 is 0 Å². The molecule has 0 saturated carbocycles. The molecule has 1 heterocycles. The fourth-order valence-electron chi connectivity index (χ4n) is 2.76. The van der Waals surface area contributed by atoms with E-state index in [0.29, 0.717) is 17.4 Å². The molecule has 2 aromatic rings. The van der Waals surface area contributed by atoms with Gasteiger partial charge in [-0.1, -0.05) is 24.3 Å². The van der Waals surface area contributed by atoms with Crippen LogP contribution < -0.4 is 10.6 Å². The molecule has 1 atom stereocenters. The van der Waals surface area contributed by atoms with E-state index >= 15 is 0 Å². The fraction of sp³-hybridized carbons (Fsp3) is 0.312. The maximum absolute atomic E-state index is 11.4. The molecule has 1 aliphatic carbocycles. The minimum Gasteiger partial charge on any atom is -0.368 e. The Morgan fingerprint density at radius 3 is 2.86 bits per heavy atom. The Bertz CT molecular complexity index is 639. The molecule has 0 radical (unpaired) electrons. The fourth-order valence-corrected chi connectivity index (χ4v) is 2.76. The molecule has 1 aliphatic rings. The number of nitrogens with one attached hydrogen (secondary N) is 2. The van der Waals surface area contributed by atoms with Crippen LogP contribution in [0.2, 0.25) is 0 Å². The summed E-state index contributed by atoms with van der Waals surface area (Å²) in [6, 6.07) is 12.1. The lowest BCUT2D eigenvalue weighted by Crippen LogP contribution is -2.20. The molecule has 1 aromatic carbocycles. The van der Waals surface area contributed by atoms with Gasteiger partial charge in [0.2, 0.25) is 0 Å². The number of rotatable bonds is 4. The molecule has 5 heteroatoms. The molecule has 21 heavy (non-hydrogen) atoms. The summed E-state index contributed by atoms with van der Waals surface area (Å²) in [6.45, 7) is 0.838. The number of amides is 1. The summed E-state index contributed by atoms with van der Waals surface area (Å²) in [5.41, 5.74) is 3.21. The normalized spacial score (nSPS) is 16.3. The molecule has 0 bridgehead atoms. The first-order valence-electron chi connectivity index (χ1n) is 7.15. The minimum atomic E-state index is -0.223. The predicted octanol–water partition coefficient (Wildman–Crippen LogP) is 1.98. The Balaban J connectivity index is 1.62. The van der Waals surface area contributed by atoms with E-state index in [2.05, 4.69) is 45.1 Å². The Morgan fingerprint density at radius 1 is 1.24 bits per heavy atom. The number of hydrogen-bond acceptors (Lipinski definition) is 4. The highest BCUT2D eigenvalue weighted by Gasteiger charge is 2.21. The highest BCUT2D eigenvalue weighted by Crippen LogP contribution is 2.32. The lowest BCUT2D eigenvalue weighted by Gasteiger charge is -2.13. The molecule has 0 spiro atoms. The first-order valence-corrected chi connectivity index (χ1v) is 7.15. The van der Waals surface area contributed by atoms with E-state index in [1.54, 1.807) is 19.2 Å². The van der Waals surface area contributed by atoms with Crippen LogP contribution in [0.25, 0.3) is 0 Å². The zero-order valence-electron chi connectivity index (χ0n) is 12.0. The van der Waals surface area contributed by atoms with E-state index in [-0.39, 0.29) is 5.91 Å². The second kappa shape index (κ2) is 5.91. The predicted molar refractivity (Wildman–Crippen MR) is 81.4 cm³/mol. The SMILES string of the molecule is CNC(=O)c1ccc(NCC2CCc3ccccc32)nn1. The summed E-state index contributed by atoms with van der Waals surface area (Å²) in [4.78, 5) is 11.4. The third-order valence-electron chi connectivity index (χ3n) is 3.91. The van der Waals surface area contributed by atoms with Gasteiger partial charge in [-0.3, -0.25) is 4.79 Å². The van der Waals surface area contributed by atoms with E-state index in [4.69, 9.17) is 0 Å². The molecule has 108 valence electrons. The van der Waals surface area contributed by atoms with Crippen molar-refractivity contribution in [2.24, 2.45) is 0 Å². The summed E-state index contributed by atoms with van der Waals surface area (Å²) in [5, 5.41) is 13.8. The number of benzene rings is 1. The van der Waals surface area contributed by atoms with E-state index < -0.39 is 0 Å². The van der Waals surface area contributed by atoms with Crippen molar-refractivity contribution in [2.75, 3.05) is 18.9 Å². The summed E-state index contributed by atoms with van der Waals surface area (Å²) >= 11 is 0. The van der Waals surface area contributed by atoms with Gasteiger partial charge < -0.3 is 10.6 Å². The van der Waals surface area contributed by atoms with Crippen molar-refractivity contribution < 1.29 is 4.79 Å². The molecule has 3 rings (SSSR count). The van der Waals surface area contributed by atoms with E-state index in [1.807, 2.05) is 0 Å². The van der Waals surface area contributed by atoms with Crippen LogP contribution in [0.1, 0.15) is 34.0 Å². The first-order chi connectivity index (χ1) is 10.3. The van der Waals surface area contributed by atoms with Gasteiger partial charge in [-0.05, 0) is 36.1 Å². The lowest BCUT2D eigenvalue weighted by atomic mass is 10.0. The molecular formula is C16H18N4O. The first kappa shape index (κ1) is 13.5. The lowest BCUT2D eigenvalue weighted by molar-refractivity contribution is 0.0957. The van der Waals surface area contributed by atoms with Gasteiger partial charge in [0.25, 0.3) is 5.91 Å². The van der Waals surface area contributed by atoms with Crippen molar-refractivity contribution in [1.82, 2.24) is 15.5 Å². The molecule has 1 amide bonds. The topological polar surface area (TPSA) is 66.9 Å². The average Bonchev–Trinajstić information content (AvgIpc) is 2.96. The van der Waals surface area contributed by atoms with Crippen molar-refractivity contribution in [2.45, 2.75) is 18.8 Å². The molecule has 1 unspecified atom stereocenters. The molecule has 2 N–H and O–H groups in total. The van der Waals surface area contributed by atoms with Gasteiger partial charge in [-0.2, -0.15) is 0 Å². The number of aromatic nitrogens is 2. The monoisotopic (exact) mass is 282 g/mol. The molecule has 1 aromatic heterocycles. The van der Waals surface area contributed by atoms with Crippen molar-refractivity contribution in [3.05, 3.63) is 53.2 Å². The summed E-state index contributed by atoms with van der Waals surface area (Å²) in [7, 11) is 1.58. The van der Waals surface area contributed by atoms with Crippen LogP contribution >= 0.6 is 0 Å². The molecule has 0 aliphatic heterocycles. The number of fused-ring (bicyclic) bond motifs is 1. The number of carbonyl (C=O) groups is 1. The van der Waals surface area contributed by atoms with Gasteiger partial charge in [0, 0.05) is 19.5 Å². The van der Waals surface area contributed by atoms with E-state index in [0.717, 1.165) is 19.4 Å². The smallest absolute Gasteiger partial charge is 0.271 e. The van der Waals surface area contributed by atoms with Crippen molar-refractivity contribution in [3.8, 4) is 0 Å². The van der Waals surface area contributed by atoms with Crippen molar-refractivity contribution in [1.29, 1.82) is 0 Å². The third-order valence-corrected chi connectivity index (χ3v) is 3.91. The van der Waals surface area contributed by atoms with Crippen molar-refractivity contribution >= 4 is 11.7 Å². The molecule has 0 fully saturated rings. The second-order valence-corrected chi connectivity index (χ2v) is 5.20. The number of hydrogen-bond donors (Lipinski definition) is 2. The van der Waals surface area contributed by atoms with Gasteiger partial charge in [-0.15, -0.1) is 10.2 Å². The van der Waals surface area contributed by atoms with Crippen molar-refractivity contribution in [3.63, 3.8) is 0 Å². The van der Waals surface area contributed by atoms with Crippen LogP contribution in [0, 0.1) is 0 Å². The van der Waals surface area contributed by atoms with E-state index in [9.17, 15) is 4.79 Å². The number of aryl methyl sites for hydroxylation is 1. The molecule has 0 saturated heterocycles. The zero-order valence-corrected chi connectivity index (χ0v) is 12.0. The summed E-state index contributed by atoms with van der Waals surface area (Å²) in [5.74, 6) is 0.993. The van der Waals surface area contributed by atoms with Crippen LogP contribution in [-0.2, 0) is 6.42 Å². The van der Waals surface area contributed by atoms with Gasteiger partial charge in [0.15, 0.2) is 5.69 Å². The maximum Gasteiger partial charge on any atom is 0.271 e. The molecular weight excluding hydrogens is 264 g/mol. The third kappa shape index (κ3) is 2.86. The summed E-state index contributed by atoms with van der Waals surface area (Å²) < 4.78 is 0. The van der Waals surface area contributed by atoms with Crippen LogP contribution in [0.3, 0.4) is 0 Å². The summed E-state index contributed by atoms with van der Waals surface area (Å²) in [6.07, 6.45) is 2.31. The maximum atomic E-state index is 11.4. The Hall–Kier alpha value is -2.43. The van der Waals surface area contributed by atoms with Crippen LogP contribution in [0.15, 0.2) is 36.4 Å². The highest BCUT2D eigenvalue weighted by atomic mass is 16.1. The Morgan fingerprint density at radius 2 is 2.10 bits per heavy atom. The minimum absolute atomic E-state index is 0.223. The standard InChI is InChI=1S/C16H18N4O/c1-17-16(21)14-8-9-15(20-19-14)18-10-12-7-6-11-4-2-3-5-13(11)12/h2-5,8-9,12H,6-7,10H2,1H3,(H,17,21)(H,18,20). The Kier molecular flexibility index (Phi) is 3.81. The van der Waals surface area contributed by atoms with Gasteiger partial charge in [0.05, 0.1) is 0 Å². The largest absolute Gasteiger partial charge is 0.368 e. The van der Waals surface area contributed by atoms with Crippen LogP contribution in [0.4, 0.5) is 5.82 Å². The average molecular weight is 282 g/mol. The Labute approximate surface area is 123 Å². The van der Waals surface area contributed by atoms with Gasteiger partial charge in [0.1, 0.15) is 5.82 Å². The molecule has 5 nitrogen and oxygen atoms in total. The number of carbonyl (C=O) groups excluding carboxylic acids is 1.